The van der Waals surface area contributed by atoms with Crippen LogP contribution in [0.15, 0.2) is 12.1 Å². The van der Waals surface area contributed by atoms with Crippen LogP contribution in [0.4, 0.5) is 0 Å². The van der Waals surface area contributed by atoms with Gasteiger partial charge in [-0.25, -0.2) is 0 Å². The predicted molar refractivity (Wildman–Crippen MR) is 58.8 cm³/mol. The molecule has 0 fully saturated rings. The van der Waals surface area contributed by atoms with E-state index in [1.807, 2.05) is 26.0 Å². The molecule has 1 rings (SSSR count). The van der Waals surface area contributed by atoms with Crippen LogP contribution < -0.4 is 5.73 Å². The fourth-order valence-electron chi connectivity index (χ4n) is 1.74. The van der Waals surface area contributed by atoms with E-state index in [2.05, 4.69) is 0 Å². The molecule has 80 valence electrons. The number of hydrogen-bond acceptors (Lipinski definition) is 2. The molecule has 3 nitrogen and oxygen atoms in total. The minimum Gasteiger partial charge on any atom is -0.370 e. The minimum atomic E-state index is -0.298. The molecule has 0 unspecified atom stereocenters. The van der Waals surface area contributed by atoms with Crippen LogP contribution in [-0.4, -0.2) is 12.2 Å². The lowest BCUT2D eigenvalue weighted by Gasteiger charge is -2.09. The van der Waals surface area contributed by atoms with Gasteiger partial charge in [0.2, 0.25) is 5.91 Å². The maximum atomic E-state index is 10.7. The molecule has 15 heavy (non-hydrogen) atoms. The van der Waals surface area contributed by atoms with E-state index in [0.717, 1.165) is 23.0 Å². The Labute approximate surface area is 89.3 Å². The van der Waals surface area contributed by atoms with Crippen molar-refractivity contribution in [2.24, 2.45) is 5.73 Å². The largest absolute Gasteiger partial charge is 0.370 e. The summed E-state index contributed by atoms with van der Waals surface area (Å²) in [6.45, 7) is 3.88. The van der Waals surface area contributed by atoms with E-state index < -0.39 is 0 Å². The van der Waals surface area contributed by atoms with Crippen LogP contribution in [-0.2, 0) is 11.2 Å². The molecule has 3 heteroatoms. The smallest absolute Gasteiger partial charge is 0.217 e. The van der Waals surface area contributed by atoms with E-state index in [0.29, 0.717) is 18.4 Å². The summed E-state index contributed by atoms with van der Waals surface area (Å²) < 4.78 is 0. The maximum absolute atomic E-state index is 10.7. The monoisotopic (exact) mass is 205 g/mol. The molecule has 1 amide bonds. The molecule has 2 N–H and O–H groups in total. The number of benzene rings is 1. The summed E-state index contributed by atoms with van der Waals surface area (Å²) in [5, 5.41) is 0. The van der Waals surface area contributed by atoms with Crippen molar-refractivity contribution in [1.29, 1.82) is 0 Å². The predicted octanol–water partition coefficient (Wildman–Crippen LogP) is 1.53. The summed E-state index contributed by atoms with van der Waals surface area (Å²) in [5.74, 6) is -0.298. The number of primary amides is 1. The molecule has 0 aliphatic heterocycles. The SMILES string of the molecule is Cc1cc(C=O)cc(C)c1CCC(N)=O. The highest BCUT2D eigenvalue weighted by Crippen LogP contribution is 2.17. The third-order valence-electron chi connectivity index (χ3n) is 2.48. The van der Waals surface area contributed by atoms with Gasteiger partial charge >= 0.3 is 0 Å². The van der Waals surface area contributed by atoms with Gasteiger partial charge in [0.05, 0.1) is 0 Å². The molecule has 0 atom stereocenters. The Bertz CT molecular complexity index is 374. The molecule has 0 aliphatic carbocycles. The second-order valence-electron chi connectivity index (χ2n) is 3.72. The first kappa shape index (κ1) is 11.4. The molecule has 0 spiro atoms. The Balaban J connectivity index is 2.97. The minimum absolute atomic E-state index is 0.298. The quantitative estimate of drug-likeness (QED) is 0.758. The topological polar surface area (TPSA) is 60.2 Å². The number of carbonyl (C=O) groups is 2. The van der Waals surface area contributed by atoms with Gasteiger partial charge in [-0.05, 0) is 49.1 Å². The van der Waals surface area contributed by atoms with Crippen molar-refractivity contribution in [1.82, 2.24) is 0 Å². The summed E-state index contributed by atoms with van der Waals surface area (Å²) in [6.07, 6.45) is 1.83. The van der Waals surface area contributed by atoms with Crippen LogP contribution in [0.5, 0.6) is 0 Å². The first-order chi connectivity index (χ1) is 7.04. The van der Waals surface area contributed by atoms with Gasteiger partial charge in [-0.2, -0.15) is 0 Å². The van der Waals surface area contributed by atoms with E-state index in [4.69, 9.17) is 5.73 Å². The van der Waals surface area contributed by atoms with Crippen LogP contribution in [0.1, 0.15) is 33.5 Å². The highest BCUT2D eigenvalue weighted by atomic mass is 16.1. The summed E-state index contributed by atoms with van der Waals surface area (Å²) in [7, 11) is 0. The molecule has 0 saturated carbocycles. The van der Waals surface area contributed by atoms with Gasteiger partial charge in [-0.15, -0.1) is 0 Å². The van der Waals surface area contributed by atoms with Crippen LogP contribution >= 0.6 is 0 Å². The lowest BCUT2D eigenvalue weighted by Crippen LogP contribution is -2.12. The lowest BCUT2D eigenvalue weighted by atomic mass is 9.96. The molecule has 1 aromatic rings. The first-order valence-corrected chi connectivity index (χ1v) is 4.88. The van der Waals surface area contributed by atoms with Gasteiger partial charge in [0.1, 0.15) is 6.29 Å². The van der Waals surface area contributed by atoms with Crippen molar-refractivity contribution in [3.05, 3.63) is 34.4 Å². The first-order valence-electron chi connectivity index (χ1n) is 4.88. The number of carbonyl (C=O) groups excluding carboxylic acids is 2. The third-order valence-corrected chi connectivity index (χ3v) is 2.48. The van der Waals surface area contributed by atoms with Gasteiger partial charge in [-0.3, -0.25) is 9.59 Å². The number of amides is 1. The van der Waals surface area contributed by atoms with Crippen molar-refractivity contribution in [2.75, 3.05) is 0 Å². The number of rotatable bonds is 4. The second-order valence-corrected chi connectivity index (χ2v) is 3.72. The van der Waals surface area contributed by atoms with E-state index in [1.165, 1.54) is 0 Å². The Morgan fingerprint density at radius 1 is 1.33 bits per heavy atom. The van der Waals surface area contributed by atoms with Gasteiger partial charge in [0.25, 0.3) is 0 Å². The Hall–Kier alpha value is -1.64. The fraction of sp³-hybridized carbons (Fsp3) is 0.333. The van der Waals surface area contributed by atoms with Crippen LogP contribution in [0, 0.1) is 13.8 Å². The van der Waals surface area contributed by atoms with Crippen LogP contribution in [0.3, 0.4) is 0 Å². The third kappa shape index (κ3) is 2.91. The number of nitrogens with two attached hydrogens (primary N) is 1. The highest BCUT2D eigenvalue weighted by molar-refractivity contribution is 5.76. The van der Waals surface area contributed by atoms with Crippen molar-refractivity contribution in [2.45, 2.75) is 26.7 Å². The molecule has 0 aromatic heterocycles. The average molecular weight is 205 g/mol. The van der Waals surface area contributed by atoms with Gasteiger partial charge < -0.3 is 5.73 Å². The zero-order valence-corrected chi connectivity index (χ0v) is 9.04. The summed E-state index contributed by atoms with van der Waals surface area (Å²) in [6, 6.07) is 3.66. The van der Waals surface area contributed by atoms with Crippen LogP contribution in [0.25, 0.3) is 0 Å². The lowest BCUT2D eigenvalue weighted by molar-refractivity contribution is -0.117. The van der Waals surface area contributed by atoms with Crippen LogP contribution in [0.2, 0.25) is 0 Å². The molecular weight excluding hydrogens is 190 g/mol. The Morgan fingerprint density at radius 2 is 1.87 bits per heavy atom. The standard InChI is InChI=1S/C12H15NO2/c1-8-5-10(7-14)6-9(2)11(8)3-4-12(13)15/h5-7H,3-4H2,1-2H3,(H2,13,15). The van der Waals surface area contributed by atoms with E-state index >= 15 is 0 Å². The van der Waals surface area contributed by atoms with E-state index in [-0.39, 0.29) is 5.91 Å². The van der Waals surface area contributed by atoms with Gasteiger partial charge in [0.15, 0.2) is 0 Å². The average Bonchev–Trinajstić information content (AvgIpc) is 2.15. The van der Waals surface area contributed by atoms with Crippen molar-refractivity contribution in [3.63, 3.8) is 0 Å². The van der Waals surface area contributed by atoms with E-state index in [1.54, 1.807) is 0 Å². The van der Waals surface area contributed by atoms with Gasteiger partial charge in [0, 0.05) is 12.0 Å². The van der Waals surface area contributed by atoms with Crippen molar-refractivity contribution >= 4 is 12.2 Å². The summed E-state index contributed by atoms with van der Waals surface area (Å²) in [4.78, 5) is 21.3. The summed E-state index contributed by atoms with van der Waals surface area (Å²) >= 11 is 0. The second kappa shape index (κ2) is 4.73. The molecule has 0 radical (unpaired) electrons. The Morgan fingerprint density at radius 3 is 2.27 bits per heavy atom. The van der Waals surface area contributed by atoms with Gasteiger partial charge in [-0.1, -0.05) is 0 Å². The molecule has 0 aliphatic rings. The zero-order valence-electron chi connectivity index (χ0n) is 9.04. The molecule has 1 aromatic carbocycles. The molecule has 0 heterocycles. The van der Waals surface area contributed by atoms with Crippen molar-refractivity contribution < 1.29 is 9.59 Å². The number of hydrogen-bond donors (Lipinski definition) is 1. The molecule has 0 bridgehead atoms. The number of aldehydes is 1. The van der Waals surface area contributed by atoms with Crippen molar-refractivity contribution in [3.8, 4) is 0 Å². The maximum Gasteiger partial charge on any atom is 0.217 e. The normalized spacial score (nSPS) is 10.0. The molecular formula is C12H15NO2. The summed E-state index contributed by atoms with van der Waals surface area (Å²) in [5.41, 5.74) is 8.97. The van der Waals surface area contributed by atoms with E-state index in [9.17, 15) is 9.59 Å². The Kier molecular flexibility index (Phi) is 3.61. The molecule has 0 saturated heterocycles. The highest BCUT2D eigenvalue weighted by Gasteiger charge is 2.06. The fourth-order valence-corrected chi connectivity index (χ4v) is 1.74. The number of aryl methyl sites for hydroxylation is 2. The zero-order chi connectivity index (χ0) is 11.4.